The third-order valence-corrected chi connectivity index (χ3v) is 5.60. The van der Waals surface area contributed by atoms with E-state index in [1.807, 2.05) is 17.5 Å². The van der Waals surface area contributed by atoms with Gasteiger partial charge >= 0.3 is 0 Å². The number of likely N-dealkylation sites (tertiary alicyclic amines) is 1. The Hall–Kier alpha value is -0.950. The minimum absolute atomic E-state index is 0.0643. The molecule has 0 saturated carbocycles. The molecule has 1 spiro atoms. The zero-order chi connectivity index (χ0) is 15.4. The van der Waals surface area contributed by atoms with Crippen molar-refractivity contribution in [3.05, 3.63) is 22.4 Å². The lowest BCUT2D eigenvalue weighted by atomic mass is 9.82. The van der Waals surface area contributed by atoms with Gasteiger partial charge in [0.05, 0.1) is 24.8 Å². The summed E-state index contributed by atoms with van der Waals surface area (Å²) in [6, 6.07) is 4.02. The van der Waals surface area contributed by atoms with E-state index in [0.29, 0.717) is 13.1 Å². The lowest BCUT2D eigenvalue weighted by Gasteiger charge is -2.46. The number of amides is 1. The number of ether oxygens (including phenoxy) is 1. The number of hydrogen-bond donors (Lipinski definition) is 2. The maximum absolute atomic E-state index is 12.0. The van der Waals surface area contributed by atoms with Crippen molar-refractivity contribution in [3.8, 4) is 0 Å². The van der Waals surface area contributed by atoms with Crippen molar-refractivity contribution in [1.29, 1.82) is 0 Å². The Bertz CT molecular complexity index is 484. The number of aliphatic hydroxyl groups excluding tert-OH is 1. The summed E-state index contributed by atoms with van der Waals surface area (Å²) < 4.78 is 5.89. The molecule has 1 unspecified atom stereocenters. The van der Waals surface area contributed by atoms with Crippen molar-refractivity contribution in [2.75, 3.05) is 26.2 Å². The van der Waals surface area contributed by atoms with Crippen LogP contribution < -0.4 is 5.32 Å². The largest absolute Gasteiger partial charge is 0.390 e. The summed E-state index contributed by atoms with van der Waals surface area (Å²) in [7, 11) is 0. The zero-order valence-corrected chi connectivity index (χ0v) is 13.6. The Morgan fingerprint density at radius 2 is 2.32 bits per heavy atom. The molecule has 2 aliphatic heterocycles. The molecule has 22 heavy (non-hydrogen) atoms. The van der Waals surface area contributed by atoms with Crippen LogP contribution in [0.25, 0.3) is 0 Å². The van der Waals surface area contributed by atoms with Gasteiger partial charge in [0.2, 0.25) is 5.91 Å². The van der Waals surface area contributed by atoms with Crippen LogP contribution in [0.1, 0.15) is 30.6 Å². The van der Waals surface area contributed by atoms with Gasteiger partial charge in [0.15, 0.2) is 0 Å². The highest BCUT2D eigenvalue weighted by atomic mass is 32.1. The molecule has 5 nitrogen and oxygen atoms in total. The molecule has 2 N–H and O–H groups in total. The molecular weight excluding hydrogens is 300 g/mol. The number of nitrogens with zero attached hydrogens (tertiary/aromatic N) is 1. The van der Waals surface area contributed by atoms with Crippen molar-refractivity contribution in [3.63, 3.8) is 0 Å². The first-order valence-corrected chi connectivity index (χ1v) is 8.89. The quantitative estimate of drug-likeness (QED) is 0.878. The van der Waals surface area contributed by atoms with E-state index >= 15 is 0 Å². The molecule has 2 saturated heterocycles. The average Bonchev–Trinajstić information content (AvgIpc) is 3.04. The van der Waals surface area contributed by atoms with E-state index in [1.54, 1.807) is 11.3 Å². The summed E-state index contributed by atoms with van der Waals surface area (Å²) in [6.07, 6.45) is 3.05. The Kier molecular flexibility index (Phi) is 5.13. The van der Waals surface area contributed by atoms with Gasteiger partial charge in [-0.15, -0.1) is 11.3 Å². The zero-order valence-electron chi connectivity index (χ0n) is 12.8. The lowest BCUT2D eigenvalue weighted by Crippen LogP contribution is -2.56. The molecule has 2 fully saturated rings. The van der Waals surface area contributed by atoms with Gasteiger partial charge in [0, 0.05) is 24.6 Å². The second kappa shape index (κ2) is 7.08. The monoisotopic (exact) mass is 324 g/mol. The van der Waals surface area contributed by atoms with Crippen LogP contribution in [0.3, 0.4) is 0 Å². The Balaban J connectivity index is 1.42. The molecule has 3 heterocycles. The van der Waals surface area contributed by atoms with Crippen LogP contribution in [0.4, 0.5) is 0 Å². The van der Waals surface area contributed by atoms with Gasteiger partial charge < -0.3 is 15.2 Å². The van der Waals surface area contributed by atoms with Gasteiger partial charge in [-0.2, -0.15) is 0 Å². The lowest BCUT2D eigenvalue weighted by molar-refractivity contribution is -0.177. The average molecular weight is 324 g/mol. The van der Waals surface area contributed by atoms with Gasteiger partial charge in [0.25, 0.3) is 0 Å². The van der Waals surface area contributed by atoms with Crippen LogP contribution in [0.2, 0.25) is 0 Å². The van der Waals surface area contributed by atoms with E-state index < -0.39 is 0 Å². The second-order valence-corrected chi connectivity index (χ2v) is 7.24. The molecule has 0 aliphatic carbocycles. The van der Waals surface area contributed by atoms with Crippen LogP contribution in [-0.4, -0.2) is 53.9 Å². The van der Waals surface area contributed by atoms with Crippen molar-refractivity contribution >= 4 is 17.2 Å². The SMILES string of the molecule is O=C(CN1CCC2(CC1)OCCCC2O)NCc1cccs1. The number of aliphatic hydroxyl groups is 1. The van der Waals surface area contributed by atoms with Crippen LogP contribution >= 0.6 is 11.3 Å². The Morgan fingerprint density at radius 1 is 1.50 bits per heavy atom. The summed E-state index contributed by atoms with van der Waals surface area (Å²) in [5, 5.41) is 15.2. The molecule has 0 bridgehead atoms. The first-order chi connectivity index (χ1) is 10.7. The molecule has 1 aromatic rings. The molecule has 3 rings (SSSR count). The number of carbonyl (C=O) groups is 1. The molecule has 122 valence electrons. The number of thiophene rings is 1. The smallest absolute Gasteiger partial charge is 0.234 e. The van der Waals surface area contributed by atoms with Crippen LogP contribution in [0, 0.1) is 0 Å². The van der Waals surface area contributed by atoms with Crippen molar-refractivity contribution in [2.45, 2.75) is 43.9 Å². The normalized spacial score (nSPS) is 25.2. The van der Waals surface area contributed by atoms with Crippen molar-refractivity contribution in [1.82, 2.24) is 10.2 Å². The highest BCUT2D eigenvalue weighted by Crippen LogP contribution is 2.35. The number of piperidine rings is 1. The summed E-state index contributed by atoms with van der Waals surface area (Å²) in [4.78, 5) is 15.3. The molecule has 0 aromatic carbocycles. The number of carbonyl (C=O) groups excluding carboxylic acids is 1. The maximum atomic E-state index is 12.0. The predicted octanol–water partition coefficient (Wildman–Crippen LogP) is 1.37. The van der Waals surface area contributed by atoms with E-state index in [2.05, 4.69) is 10.2 Å². The van der Waals surface area contributed by atoms with Crippen LogP contribution in [0.5, 0.6) is 0 Å². The molecule has 1 aromatic heterocycles. The van der Waals surface area contributed by atoms with E-state index in [-0.39, 0.29) is 17.6 Å². The molecule has 6 heteroatoms. The number of nitrogens with one attached hydrogen (secondary N) is 1. The van der Waals surface area contributed by atoms with Crippen LogP contribution in [0.15, 0.2) is 17.5 Å². The van der Waals surface area contributed by atoms with Crippen molar-refractivity contribution < 1.29 is 14.6 Å². The fourth-order valence-electron chi connectivity index (χ4n) is 3.34. The standard InChI is InChI=1S/C16H24N2O3S/c19-14-4-1-9-21-16(14)5-7-18(8-6-16)12-15(20)17-11-13-3-2-10-22-13/h2-3,10,14,19H,1,4-9,11-12H2,(H,17,20). The third-order valence-electron chi connectivity index (χ3n) is 4.73. The van der Waals surface area contributed by atoms with E-state index in [4.69, 9.17) is 4.74 Å². The second-order valence-electron chi connectivity index (χ2n) is 6.20. The minimum Gasteiger partial charge on any atom is -0.390 e. The van der Waals surface area contributed by atoms with Gasteiger partial charge in [-0.3, -0.25) is 9.69 Å². The minimum atomic E-state index is -0.359. The van der Waals surface area contributed by atoms with Gasteiger partial charge in [0.1, 0.15) is 0 Å². The summed E-state index contributed by atoms with van der Waals surface area (Å²) >= 11 is 1.65. The predicted molar refractivity (Wildman–Crippen MR) is 85.8 cm³/mol. The Labute approximate surface area is 135 Å². The van der Waals surface area contributed by atoms with E-state index in [1.165, 1.54) is 4.88 Å². The summed E-state index contributed by atoms with van der Waals surface area (Å²) in [5.74, 6) is 0.0643. The highest BCUT2D eigenvalue weighted by molar-refractivity contribution is 7.09. The molecular formula is C16H24N2O3S. The molecule has 1 amide bonds. The number of hydrogen-bond acceptors (Lipinski definition) is 5. The third kappa shape index (κ3) is 3.68. The van der Waals surface area contributed by atoms with Crippen molar-refractivity contribution in [2.24, 2.45) is 0 Å². The van der Waals surface area contributed by atoms with Gasteiger partial charge in [-0.25, -0.2) is 0 Å². The van der Waals surface area contributed by atoms with Crippen LogP contribution in [-0.2, 0) is 16.1 Å². The maximum Gasteiger partial charge on any atom is 0.234 e. The van der Waals surface area contributed by atoms with Gasteiger partial charge in [-0.05, 0) is 37.1 Å². The van der Waals surface area contributed by atoms with E-state index in [0.717, 1.165) is 45.4 Å². The summed E-state index contributed by atoms with van der Waals surface area (Å²) in [6.45, 7) is 3.40. The molecule has 2 aliphatic rings. The number of rotatable bonds is 4. The molecule has 0 radical (unpaired) electrons. The summed E-state index contributed by atoms with van der Waals surface area (Å²) in [5.41, 5.74) is -0.359. The molecule has 1 atom stereocenters. The Morgan fingerprint density at radius 3 is 3.00 bits per heavy atom. The van der Waals surface area contributed by atoms with Gasteiger partial charge in [-0.1, -0.05) is 6.07 Å². The first-order valence-electron chi connectivity index (χ1n) is 8.01. The fraction of sp³-hybridized carbons (Fsp3) is 0.688. The highest BCUT2D eigenvalue weighted by Gasteiger charge is 2.43. The topological polar surface area (TPSA) is 61.8 Å². The first kappa shape index (κ1) is 15.9. The fourth-order valence-corrected chi connectivity index (χ4v) is 3.98. The van der Waals surface area contributed by atoms with E-state index in [9.17, 15) is 9.90 Å².